The van der Waals surface area contributed by atoms with E-state index in [0.717, 1.165) is 43.9 Å². The van der Waals surface area contributed by atoms with Crippen LogP contribution in [0.1, 0.15) is 25.0 Å². The molecule has 1 unspecified atom stereocenters. The fraction of sp³-hybridized carbons (Fsp3) is 0.522. The summed E-state index contributed by atoms with van der Waals surface area (Å²) in [6, 6.07) is 7.76. The number of pyridine rings is 1. The van der Waals surface area contributed by atoms with Gasteiger partial charge in [0, 0.05) is 31.8 Å². The van der Waals surface area contributed by atoms with E-state index in [9.17, 15) is 26.3 Å². The number of nitrogens with zero attached hydrogens (tertiary/aromatic N) is 4. The topological polar surface area (TPSA) is 144 Å². The van der Waals surface area contributed by atoms with E-state index in [1.54, 1.807) is 19.6 Å². The van der Waals surface area contributed by atoms with Crippen molar-refractivity contribution < 1.29 is 60.4 Å². The second kappa shape index (κ2) is 14.1. The lowest BCUT2D eigenvalue weighted by molar-refractivity contribution is -0.193. The Kier molecular flexibility index (Phi) is 11.4. The van der Waals surface area contributed by atoms with E-state index in [1.165, 1.54) is 0 Å². The Morgan fingerprint density at radius 2 is 1.65 bits per heavy atom. The van der Waals surface area contributed by atoms with Crippen LogP contribution in [0.4, 0.5) is 32.2 Å². The number of hydrogen-bond donors (Lipinski definition) is 2. The van der Waals surface area contributed by atoms with E-state index in [1.807, 2.05) is 24.3 Å². The van der Waals surface area contributed by atoms with Crippen LogP contribution < -0.4 is 9.64 Å². The lowest BCUT2D eigenvalue weighted by Gasteiger charge is -2.39. The van der Waals surface area contributed by atoms with Crippen LogP contribution in [0.15, 0.2) is 36.8 Å². The first-order valence-corrected chi connectivity index (χ1v) is 11.5. The van der Waals surface area contributed by atoms with Gasteiger partial charge in [-0.1, -0.05) is 6.07 Å². The third-order valence-corrected chi connectivity index (χ3v) is 5.69. The molecule has 0 aromatic carbocycles. The molecule has 2 aromatic rings. The number of aromatic nitrogens is 3. The van der Waals surface area contributed by atoms with Gasteiger partial charge in [0.25, 0.3) is 0 Å². The number of carbonyl (C=O) groups is 2. The average molecular weight is 584 g/mol. The molecule has 2 N–H and O–H groups in total. The molecule has 1 atom stereocenters. The Morgan fingerprint density at radius 3 is 2.15 bits per heavy atom. The fourth-order valence-electron chi connectivity index (χ4n) is 3.70. The standard InChI is InChI=1S/C19H24N4O3.2C2HF3O2/c1-24-18-10-17(21-14-22-18)23-8-5-19(6-9-23)11-16(13-26-19)25-12-15-4-2-3-7-20-15;2*3-2(4,5)1(6)7/h2-4,7,10,14,16H,5-6,8-9,11-13H2,1H3;2*(H,6,7). The molecule has 0 saturated carbocycles. The minimum absolute atomic E-state index is 0.0671. The highest BCUT2D eigenvalue weighted by atomic mass is 19.4. The van der Waals surface area contributed by atoms with Crippen molar-refractivity contribution in [1.82, 2.24) is 15.0 Å². The Morgan fingerprint density at radius 1 is 1.05 bits per heavy atom. The molecule has 4 heterocycles. The van der Waals surface area contributed by atoms with Gasteiger partial charge in [0.05, 0.1) is 37.7 Å². The van der Waals surface area contributed by atoms with Crippen LogP contribution in [0, 0.1) is 0 Å². The third kappa shape index (κ3) is 10.4. The highest BCUT2D eigenvalue weighted by Crippen LogP contribution is 2.38. The molecule has 2 aliphatic heterocycles. The molecular weight excluding hydrogens is 558 g/mol. The SMILES string of the molecule is COc1cc(N2CCC3(CC2)CC(OCc2ccccn2)CO3)ncn1.O=C(O)C(F)(F)F.O=C(O)C(F)(F)F. The normalized spacial score (nSPS) is 18.2. The van der Waals surface area contributed by atoms with Crippen molar-refractivity contribution in [2.45, 2.75) is 49.9 Å². The smallest absolute Gasteiger partial charge is 0.481 e. The number of hydrogen-bond acceptors (Lipinski definition) is 9. The monoisotopic (exact) mass is 584 g/mol. The van der Waals surface area contributed by atoms with E-state index < -0.39 is 24.3 Å². The first-order valence-electron chi connectivity index (χ1n) is 11.5. The van der Waals surface area contributed by atoms with Gasteiger partial charge < -0.3 is 29.3 Å². The van der Waals surface area contributed by atoms with Crippen LogP contribution in [-0.4, -0.2) is 88.0 Å². The molecular formula is C23H26F6N4O7. The van der Waals surface area contributed by atoms with Gasteiger partial charge in [-0.2, -0.15) is 26.3 Å². The molecule has 2 aromatic heterocycles. The number of rotatable bonds is 5. The molecule has 0 aliphatic carbocycles. The molecule has 0 radical (unpaired) electrons. The Bertz CT molecular complexity index is 1070. The van der Waals surface area contributed by atoms with Crippen molar-refractivity contribution >= 4 is 17.8 Å². The van der Waals surface area contributed by atoms with Gasteiger partial charge in [0.15, 0.2) is 0 Å². The van der Waals surface area contributed by atoms with Crippen LogP contribution >= 0.6 is 0 Å². The van der Waals surface area contributed by atoms with Crippen LogP contribution in [0.2, 0.25) is 0 Å². The van der Waals surface area contributed by atoms with Crippen molar-refractivity contribution in [3.05, 3.63) is 42.5 Å². The van der Waals surface area contributed by atoms with Gasteiger partial charge in [-0.15, -0.1) is 0 Å². The van der Waals surface area contributed by atoms with Gasteiger partial charge in [-0.25, -0.2) is 19.6 Å². The van der Waals surface area contributed by atoms with Gasteiger partial charge in [0.1, 0.15) is 12.1 Å². The quantitative estimate of drug-likeness (QED) is 0.499. The van der Waals surface area contributed by atoms with Crippen molar-refractivity contribution in [2.75, 3.05) is 31.7 Å². The first kappa shape index (κ1) is 32.5. The summed E-state index contributed by atoms with van der Waals surface area (Å²) in [7, 11) is 1.62. The predicted molar refractivity (Wildman–Crippen MR) is 124 cm³/mol. The van der Waals surface area contributed by atoms with Gasteiger partial charge in [-0.3, -0.25) is 4.98 Å². The summed E-state index contributed by atoms with van der Waals surface area (Å²) in [6.45, 7) is 3.02. The Hall–Kier alpha value is -3.73. The number of carboxylic acids is 2. The third-order valence-electron chi connectivity index (χ3n) is 5.69. The number of piperidine rings is 1. The Balaban J connectivity index is 0.000000333. The lowest BCUT2D eigenvalue weighted by atomic mass is 9.88. The molecule has 17 heteroatoms. The summed E-state index contributed by atoms with van der Waals surface area (Å²) in [5.41, 5.74) is 0.892. The van der Waals surface area contributed by atoms with E-state index in [2.05, 4.69) is 19.9 Å². The largest absolute Gasteiger partial charge is 0.490 e. The van der Waals surface area contributed by atoms with Crippen LogP contribution in [-0.2, 0) is 25.7 Å². The number of carboxylic acid groups (broad SMARTS) is 2. The van der Waals surface area contributed by atoms with Crippen LogP contribution in [0.3, 0.4) is 0 Å². The highest BCUT2D eigenvalue weighted by Gasteiger charge is 2.43. The van der Waals surface area contributed by atoms with Crippen LogP contribution in [0.25, 0.3) is 0 Å². The lowest BCUT2D eigenvalue weighted by Crippen LogP contribution is -2.44. The number of aliphatic carboxylic acids is 2. The van der Waals surface area contributed by atoms with Crippen molar-refractivity contribution in [3.8, 4) is 5.88 Å². The molecule has 2 fully saturated rings. The summed E-state index contributed by atoms with van der Waals surface area (Å²) in [5.74, 6) is -4.01. The van der Waals surface area contributed by atoms with Gasteiger partial charge >= 0.3 is 24.3 Å². The number of methoxy groups -OCH3 is 1. The summed E-state index contributed by atoms with van der Waals surface area (Å²) < 4.78 is 80.9. The van der Waals surface area contributed by atoms with Crippen molar-refractivity contribution in [3.63, 3.8) is 0 Å². The van der Waals surface area contributed by atoms with Crippen molar-refractivity contribution in [1.29, 1.82) is 0 Å². The predicted octanol–water partition coefficient (Wildman–Crippen LogP) is 3.49. The summed E-state index contributed by atoms with van der Waals surface area (Å²) in [4.78, 5) is 32.8. The molecule has 0 amide bonds. The average Bonchev–Trinajstić information content (AvgIpc) is 3.30. The molecule has 2 saturated heterocycles. The molecule has 40 heavy (non-hydrogen) atoms. The molecule has 4 rings (SSSR count). The Labute approximate surface area is 223 Å². The summed E-state index contributed by atoms with van der Waals surface area (Å²) in [5, 5.41) is 14.2. The molecule has 2 aliphatic rings. The second-order valence-corrected chi connectivity index (χ2v) is 8.46. The van der Waals surface area contributed by atoms with E-state index in [0.29, 0.717) is 19.1 Å². The fourth-order valence-corrected chi connectivity index (χ4v) is 3.70. The molecule has 1 spiro atoms. The maximum absolute atomic E-state index is 10.6. The maximum Gasteiger partial charge on any atom is 0.490 e. The first-order chi connectivity index (χ1) is 18.6. The maximum atomic E-state index is 10.6. The van der Waals surface area contributed by atoms with Crippen molar-refractivity contribution in [2.24, 2.45) is 0 Å². The molecule has 11 nitrogen and oxygen atoms in total. The molecule has 0 bridgehead atoms. The van der Waals surface area contributed by atoms with E-state index in [4.69, 9.17) is 34.0 Å². The zero-order valence-electron chi connectivity index (χ0n) is 21.0. The summed E-state index contributed by atoms with van der Waals surface area (Å²) >= 11 is 0. The second-order valence-electron chi connectivity index (χ2n) is 8.46. The number of alkyl halides is 6. The molecule has 222 valence electrons. The van der Waals surface area contributed by atoms with Crippen LogP contribution in [0.5, 0.6) is 5.88 Å². The number of ether oxygens (including phenoxy) is 3. The highest BCUT2D eigenvalue weighted by molar-refractivity contribution is 5.73. The van der Waals surface area contributed by atoms with E-state index in [-0.39, 0.29) is 11.7 Å². The van der Waals surface area contributed by atoms with Gasteiger partial charge in [-0.05, 0) is 25.0 Å². The van der Waals surface area contributed by atoms with Gasteiger partial charge in [0.2, 0.25) is 5.88 Å². The van der Waals surface area contributed by atoms with E-state index >= 15 is 0 Å². The summed E-state index contributed by atoms with van der Waals surface area (Å²) in [6.07, 6.45) is -3.79. The number of anilines is 1. The minimum Gasteiger partial charge on any atom is -0.481 e. The zero-order chi connectivity index (χ0) is 30.0. The zero-order valence-corrected chi connectivity index (χ0v) is 21.0. The minimum atomic E-state index is -5.08. The number of halogens is 6.